The van der Waals surface area contributed by atoms with Gasteiger partial charge in [-0.15, -0.1) is 0 Å². The van der Waals surface area contributed by atoms with Gasteiger partial charge in [-0.25, -0.2) is 0 Å². The molecule has 0 saturated heterocycles. The van der Waals surface area contributed by atoms with Gasteiger partial charge in [0.2, 0.25) is 0 Å². The van der Waals surface area contributed by atoms with Gasteiger partial charge in [0.05, 0.1) is 0 Å². The van der Waals surface area contributed by atoms with Crippen LogP contribution in [0.25, 0.3) is 0 Å². The van der Waals surface area contributed by atoms with Crippen molar-refractivity contribution in [2.45, 2.75) is 26.7 Å². The molecule has 0 heterocycles. The molecule has 0 spiro atoms. The van der Waals surface area contributed by atoms with Gasteiger partial charge in [-0.3, -0.25) is 0 Å². The third-order valence-corrected chi connectivity index (χ3v) is 1.47. The molecule has 0 radical (unpaired) electrons. The molecular formula is C7H12S. The Bertz CT molecular complexity index is 90.6. The number of thiocarbonyl (C=S) groups is 1. The highest BCUT2D eigenvalue weighted by molar-refractivity contribution is 7.78. The Morgan fingerprint density at radius 3 is 2.75 bits per heavy atom. The standard InChI is InChI=1S/C7H12S/c1-3-7(2)5-4-6-8/h4,7H,3,5H2,1-2H3. The first-order valence-electron chi connectivity index (χ1n) is 3.00. The number of allylic oxidation sites excluding steroid dienone is 1. The van der Waals surface area contributed by atoms with Crippen LogP contribution in [0, 0.1) is 5.92 Å². The molecule has 1 atom stereocenters. The Hall–Kier alpha value is -0.130. The van der Waals surface area contributed by atoms with Crippen molar-refractivity contribution in [1.82, 2.24) is 0 Å². The molecule has 1 heteroatoms. The molecular weight excluding hydrogens is 116 g/mol. The monoisotopic (exact) mass is 128 g/mol. The Kier molecular flexibility index (Phi) is 4.93. The van der Waals surface area contributed by atoms with Gasteiger partial charge in [-0.2, -0.15) is 0 Å². The quantitative estimate of drug-likeness (QED) is 0.526. The van der Waals surface area contributed by atoms with E-state index in [1.807, 2.05) is 6.08 Å². The molecule has 0 aliphatic rings. The third-order valence-electron chi connectivity index (χ3n) is 1.30. The fourth-order valence-electron chi connectivity index (χ4n) is 0.416. The van der Waals surface area contributed by atoms with Crippen molar-refractivity contribution < 1.29 is 0 Å². The van der Waals surface area contributed by atoms with Gasteiger partial charge in [-0.1, -0.05) is 25.3 Å². The average Bonchev–Trinajstić information content (AvgIpc) is 1.83. The molecule has 1 unspecified atom stereocenters. The summed E-state index contributed by atoms with van der Waals surface area (Å²) in [7, 11) is 0. The summed E-state index contributed by atoms with van der Waals surface area (Å²) in [6.07, 6.45) is 4.23. The van der Waals surface area contributed by atoms with Crippen molar-refractivity contribution in [2.24, 2.45) is 5.92 Å². The summed E-state index contributed by atoms with van der Waals surface area (Å²) in [4.78, 5) is 0. The Labute approximate surface area is 56.6 Å². The minimum atomic E-state index is 0.769. The fraction of sp³-hybridized carbons (Fsp3) is 0.714. The highest BCUT2D eigenvalue weighted by Crippen LogP contribution is 2.04. The lowest BCUT2D eigenvalue weighted by atomic mass is 10.1. The topological polar surface area (TPSA) is 0 Å². The Morgan fingerprint density at radius 1 is 1.75 bits per heavy atom. The zero-order valence-electron chi connectivity index (χ0n) is 5.48. The fourth-order valence-corrected chi connectivity index (χ4v) is 0.512. The van der Waals surface area contributed by atoms with Crippen LogP contribution in [0.1, 0.15) is 26.7 Å². The van der Waals surface area contributed by atoms with Gasteiger partial charge in [-0.05, 0) is 30.6 Å². The minimum absolute atomic E-state index is 0.769. The van der Waals surface area contributed by atoms with Crippen LogP contribution in [0.15, 0.2) is 6.08 Å². The molecule has 0 aromatic rings. The average molecular weight is 128 g/mol. The second kappa shape index (κ2) is 5.02. The predicted octanol–water partition coefficient (Wildman–Crippen LogP) is 2.58. The number of rotatable bonds is 3. The summed E-state index contributed by atoms with van der Waals surface area (Å²) >= 11 is 4.51. The van der Waals surface area contributed by atoms with Crippen molar-refractivity contribution in [2.75, 3.05) is 0 Å². The van der Waals surface area contributed by atoms with Gasteiger partial charge in [0.25, 0.3) is 0 Å². The number of hydrogen-bond acceptors (Lipinski definition) is 1. The van der Waals surface area contributed by atoms with Gasteiger partial charge in [0, 0.05) is 0 Å². The third kappa shape index (κ3) is 4.04. The molecule has 0 aromatic heterocycles. The second-order valence-electron chi connectivity index (χ2n) is 2.07. The van der Waals surface area contributed by atoms with Crippen molar-refractivity contribution >= 4 is 17.2 Å². The van der Waals surface area contributed by atoms with E-state index >= 15 is 0 Å². The molecule has 0 nitrogen and oxygen atoms in total. The van der Waals surface area contributed by atoms with Crippen molar-refractivity contribution in [3.05, 3.63) is 6.08 Å². The van der Waals surface area contributed by atoms with Crippen LogP contribution in [-0.2, 0) is 0 Å². The highest BCUT2D eigenvalue weighted by Gasteiger charge is 1.91. The van der Waals surface area contributed by atoms with E-state index < -0.39 is 0 Å². The first kappa shape index (κ1) is 7.87. The summed E-state index contributed by atoms with van der Waals surface area (Å²) in [5, 5.41) is 2.59. The molecule has 0 aliphatic carbocycles. The van der Waals surface area contributed by atoms with Gasteiger partial charge < -0.3 is 0 Å². The van der Waals surface area contributed by atoms with E-state index in [0.717, 1.165) is 12.3 Å². The van der Waals surface area contributed by atoms with E-state index in [1.54, 1.807) is 0 Å². The van der Waals surface area contributed by atoms with E-state index in [1.165, 1.54) is 6.42 Å². The van der Waals surface area contributed by atoms with Crippen LogP contribution in [0.5, 0.6) is 0 Å². The summed E-state index contributed by atoms with van der Waals surface area (Å²) < 4.78 is 0. The van der Waals surface area contributed by atoms with Crippen LogP contribution in [0.3, 0.4) is 0 Å². The molecule has 0 aliphatic heterocycles. The molecule has 46 valence electrons. The minimum Gasteiger partial charge on any atom is -0.0651 e. The van der Waals surface area contributed by atoms with E-state index in [9.17, 15) is 0 Å². The summed E-state index contributed by atoms with van der Waals surface area (Å²) in [5.74, 6) is 0.769. The smallest absolute Gasteiger partial charge is 0.0240 e. The maximum atomic E-state index is 4.51. The van der Waals surface area contributed by atoms with Crippen LogP contribution in [-0.4, -0.2) is 5.02 Å². The van der Waals surface area contributed by atoms with Crippen LogP contribution < -0.4 is 0 Å². The highest BCUT2D eigenvalue weighted by atomic mass is 32.1. The normalized spacial score (nSPS) is 12.2. The van der Waals surface area contributed by atoms with E-state index in [-0.39, 0.29) is 0 Å². The summed E-state index contributed by atoms with van der Waals surface area (Å²) in [5.41, 5.74) is 0. The first-order valence-corrected chi connectivity index (χ1v) is 3.41. The van der Waals surface area contributed by atoms with Gasteiger partial charge >= 0.3 is 0 Å². The molecule has 0 amide bonds. The first-order chi connectivity index (χ1) is 3.81. The molecule has 0 saturated carbocycles. The van der Waals surface area contributed by atoms with Crippen LogP contribution in [0.2, 0.25) is 0 Å². The lowest BCUT2D eigenvalue weighted by molar-refractivity contribution is 0.574. The van der Waals surface area contributed by atoms with E-state index in [0.29, 0.717) is 0 Å². The molecule has 0 aromatic carbocycles. The predicted molar refractivity (Wildman–Crippen MR) is 41.2 cm³/mol. The zero-order valence-corrected chi connectivity index (χ0v) is 6.29. The van der Waals surface area contributed by atoms with Crippen molar-refractivity contribution in [3.8, 4) is 0 Å². The molecule has 8 heavy (non-hydrogen) atoms. The molecule has 0 N–H and O–H groups in total. The summed E-state index contributed by atoms with van der Waals surface area (Å²) in [6.45, 7) is 4.39. The summed E-state index contributed by atoms with van der Waals surface area (Å²) in [6, 6.07) is 0. The molecule has 0 rings (SSSR count). The SMILES string of the molecule is CCC(C)CC=C=S. The molecule has 0 fully saturated rings. The van der Waals surface area contributed by atoms with Crippen LogP contribution in [0.4, 0.5) is 0 Å². The second-order valence-corrected chi connectivity index (χ2v) is 2.31. The maximum Gasteiger partial charge on any atom is -0.0240 e. The van der Waals surface area contributed by atoms with Gasteiger partial charge in [0.15, 0.2) is 0 Å². The van der Waals surface area contributed by atoms with Crippen molar-refractivity contribution in [3.63, 3.8) is 0 Å². The Balaban J connectivity index is 3.23. The Morgan fingerprint density at radius 2 is 2.38 bits per heavy atom. The van der Waals surface area contributed by atoms with Gasteiger partial charge in [0.1, 0.15) is 0 Å². The largest absolute Gasteiger partial charge is 0.0651 e. The lowest BCUT2D eigenvalue weighted by Crippen LogP contribution is -1.87. The molecule has 0 bridgehead atoms. The van der Waals surface area contributed by atoms with Crippen molar-refractivity contribution in [1.29, 1.82) is 0 Å². The van der Waals surface area contributed by atoms with E-state index in [2.05, 4.69) is 31.1 Å². The van der Waals surface area contributed by atoms with Crippen LogP contribution >= 0.6 is 12.2 Å². The zero-order chi connectivity index (χ0) is 6.41. The maximum absolute atomic E-state index is 4.51. The number of hydrogen-bond donors (Lipinski definition) is 0. The lowest BCUT2D eigenvalue weighted by Gasteiger charge is -1.99. The van der Waals surface area contributed by atoms with E-state index in [4.69, 9.17) is 0 Å².